The van der Waals surface area contributed by atoms with Crippen molar-refractivity contribution in [3.63, 3.8) is 0 Å². The van der Waals surface area contributed by atoms with Crippen molar-refractivity contribution in [2.45, 2.75) is 52.4 Å². The summed E-state index contributed by atoms with van der Waals surface area (Å²) in [5.74, 6) is -1.01. The lowest BCUT2D eigenvalue weighted by atomic mass is 9.92. The zero-order chi connectivity index (χ0) is 20.5. The summed E-state index contributed by atoms with van der Waals surface area (Å²) in [7, 11) is 0. The molecule has 156 valence electrons. The van der Waals surface area contributed by atoms with Crippen molar-refractivity contribution in [2.75, 3.05) is 23.8 Å². The molecular weight excluding hydrogens is 367 g/mol. The van der Waals surface area contributed by atoms with Gasteiger partial charge in [-0.15, -0.1) is 0 Å². The molecule has 0 aliphatic heterocycles. The first-order chi connectivity index (χ1) is 13.5. The van der Waals surface area contributed by atoms with Crippen molar-refractivity contribution in [3.05, 3.63) is 11.6 Å². The number of aromatic nitrogens is 2. The van der Waals surface area contributed by atoms with Crippen molar-refractivity contribution in [3.8, 4) is 0 Å². The van der Waals surface area contributed by atoms with Gasteiger partial charge in [-0.05, 0) is 19.3 Å². The maximum atomic E-state index is 14.5. The van der Waals surface area contributed by atoms with Crippen LogP contribution in [0.5, 0.6) is 0 Å². The zero-order valence-electron chi connectivity index (χ0n) is 16.4. The second kappa shape index (κ2) is 10.7. The largest absolute Gasteiger partial charge is 0.368 e. The molecule has 1 fully saturated rings. The lowest BCUT2D eigenvalue weighted by Gasteiger charge is -2.22. The molecule has 2 rings (SSSR count). The summed E-state index contributed by atoms with van der Waals surface area (Å²) in [6, 6.07) is 0. The monoisotopic (exact) mass is 396 g/mol. The molecule has 0 spiro atoms. The predicted octanol–water partition coefficient (Wildman–Crippen LogP) is 2.10. The molecule has 10 heteroatoms. The molecule has 1 aromatic rings. The number of carbonyl (C=O) groups excluding carboxylic acids is 2. The van der Waals surface area contributed by atoms with Crippen LogP contribution in [0.25, 0.3) is 0 Å². The average Bonchev–Trinajstić information content (AvgIpc) is 3.20. The molecule has 2 amide bonds. The lowest BCUT2D eigenvalue weighted by molar-refractivity contribution is -0.154. The average molecular weight is 396 g/mol. The molecule has 0 bridgehead atoms. The predicted molar refractivity (Wildman–Crippen MR) is 102 cm³/mol. The SMILES string of the molecule is CCNc1nc(CC)nc(NNC(=O)C(CC2CCCC2)CN(O)C=O)c1F. The lowest BCUT2D eigenvalue weighted by Crippen LogP contribution is -2.41. The summed E-state index contributed by atoms with van der Waals surface area (Å²) in [6.45, 7) is 4.04. The third-order valence-electron chi connectivity index (χ3n) is 4.85. The van der Waals surface area contributed by atoms with Crippen molar-refractivity contribution in [1.29, 1.82) is 0 Å². The van der Waals surface area contributed by atoms with E-state index in [4.69, 9.17) is 0 Å². The van der Waals surface area contributed by atoms with Crippen molar-refractivity contribution in [1.82, 2.24) is 20.5 Å². The van der Waals surface area contributed by atoms with Crippen LogP contribution in [0.1, 0.15) is 51.8 Å². The summed E-state index contributed by atoms with van der Waals surface area (Å²) in [5, 5.41) is 12.8. The minimum atomic E-state index is -0.691. The summed E-state index contributed by atoms with van der Waals surface area (Å²) >= 11 is 0. The molecule has 0 saturated heterocycles. The topological polar surface area (TPSA) is 119 Å². The van der Waals surface area contributed by atoms with Gasteiger partial charge in [-0.1, -0.05) is 32.6 Å². The molecule has 1 aromatic heterocycles. The smallest absolute Gasteiger partial charge is 0.243 e. The number of hydrazine groups is 1. The second-order valence-corrected chi connectivity index (χ2v) is 6.96. The van der Waals surface area contributed by atoms with E-state index in [1.807, 2.05) is 13.8 Å². The van der Waals surface area contributed by atoms with E-state index in [1.54, 1.807) is 0 Å². The van der Waals surface area contributed by atoms with Crippen LogP contribution in [0, 0.1) is 17.7 Å². The van der Waals surface area contributed by atoms with Crippen LogP contribution in [0.15, 0.2) is 0 Å². The molecule has 0 radical (unpaired) electrons. The Bertz CT molecular complexity index is 669. The number of halogens is 1. The first kappa shape index (κ1) is 21.8. The maximum Gasteiger partial charge on any atom is 0.243 e. The number of hydroxylamine groups is 2. The molecular formula is C18H29FN6O3. The number of hydrogen-bond acceptors (Lipinski definition) is 7. The van der Waals surface area contributed by atoms with E-state index in [2.05, 4.69) is 26.1 Å². The minimum Gasteiger partial charge on any atom is -0.368 e. The number of amides is 2. The fourth-order valence-electron chi connectivity index (χ4n) is 3.42. The molecule has 28 heavy (non-hydrogen) atoms. The van der Waals surface area contributed by atoms with Crippen LogP contribution >= 0.6 is 0 Å². The maximum absolute atomic E-state index is 14.5. The minimum absolute atomic E-state index is 0.0658. The number of aryl methyl sites for hydroxylation is 1. The first-order valence-corrected chi connectivity index (χ1v) is 9.75. The van der Waals surface area contributed by atoms with Gasteiger partial charge in [0.1, 0.15) is 5.82 Å². The van der Waals surface area contributed by atoms with Crippen LogP contribution in [0.2, 0.25) is 0 Å². The molecule has 1 unspecified atom stereocenters. The van der Waals surface area contributed by atoms with Crippen molar-refractivity contribution >= 4 is 24.0 Å². The van der Waals surface area contributed by atoms with Gasteiger partial charge in [0.05, 0.1) is 12.5 Å². The molecule has 9 nitrogen and oxygen atoms in total. The van der Waals surface area contributed by atoms with Gasteiger partial charge in [0.25, 0.3) is 0 Å². The quantitative estimate of drug-likeness (QED) is 0.257. The first-order valence-electron chi connectivity index (χ1n) is 9.75. The van der Waals surface area contributed by atoms with Gasteiger partial charge in [0.2, 0.25) is 18.1 Å². The Morgan fingerprint density at radius 1 is 1.32 bits per heavy atom. The summed E-state index contributed by atoms with van der Waals surface area (Å²) in [5.41, 5.74) is 4.99. The van der Waals surface area contributed by atoms with Crippen molar-refractivity contribution < 1.29 is 19.2 Å². The number of nitrogens with zero attached hydrogens (tertiary/aromatic N) is 3. The molecule has 4 N–H and O–H groups in total. The van der Waals surface area contributed by atoms with Gasteiger partial charge < -0.3 is 5.32 Å². The number of hydrogen-bond donors (Lipinski definition) is 4. The van der Waals surface area contributed by atoms with E-state index < -0.39 is 17.6 Å². The molecule has 1 atom stereocenters. The number of anilines is 2. The highest BCUT2D eigenvalue weighted by Crippen LogP contribution is 2.30. The van der Waals surface area contributed by atoms with Gasteiger partial charge in [0.15, 0.2) is 11.6 Å². The third kappa shape index (κ3) is 6.01. The fourth-order valence-corrected chi connectivity index (χ4v) is 3.42. The van der Waals surface area contributed by atoms with E-state index in [0.29, 0.717) is 36.2 Å². The highest BCUT2D eigenvalue weighted by atomic mass is 19.1. The molecule has 1 saturated carbocycles. The van der Waals surface area contributed by atoms with Crippen LogP contribution in [-0.4, -0.2) is 45.6 Å². The molecule has 1 aliphatic carbocycles. The van der Waals surface area contributed by atoms with E-state index in [0.717, 1.165) is 25.7 Å². The molecule has 1 aliphatic rings. The second-order valence-electron chi connectivity index (χ2n) is 6.96. The Morgan fingerprint density at radius 3 is 2.61 bits per heavy atom. The Labute approximate surface area is 164 Å². The van der Waals surface area contributed by atoms with Gasteiger partial charge in [-0.2, -0.15) is 4.39 Å². The Morgan fingerprint density at radius 2 is 2.00 bits per heavy atom. The number of nitrogens with one attached hydrogen (secondary N) is 3. The van der Waals surface area contributed by atoms with Gasteiger partial charge in [0, 0.05) is 13.0 Å². The number of carbonyl (C=O) groups is 2. The molecule has 0 aromatic carbocycles. The van der Waals surface area contributed by atoms with E-state index in [-0.39, 0.29) is 24.6 Å². The normalized spacial score (nSPS) is 15.1. The van der Waals surface area contributed by atoms with Crippen LogP contribution in [-0.2, 0) is 16.0 Å². The van der Waals surface area contributed by atoms with Crippen LogP contribution in [0.4, 0.5) is 16.0 Å². The summed E-state index contributed by atoms with van der Waals surface area (Å²) in [4.78, 5) is 31.5. The Balaban J connectivity index is 2.07. The van der Waals surface area contributed by atoms with Crippen LogP contribution < -0.4 is 16.2 Å². The Hall–Kier alpha value is -2.49. The van der Waals surface area contributed by atoms with Crippen molar-refractivity contribution in [2.24, 2.45) is 11.8 Å². The highest BCUT2D eigenvalue weighted by Gasteiger charge is 2.27. The third-order valence-corrected chi connectivity index (χ3v) is 4.85. The fraction of sp³-hybridized carbons (Fsp3) is 0.667. The van der Waals surface area contributed by atoms with E-state index >= 15 is 0 Å². The van der Waals surface area contributed by atoms with E-state index in [1.165, 1.54) is 0 Å². The van der Waals surface area contributed by atoms with E-state index in [9.17, 15) is 19.2 Å². The zero-order valence-corrected chi connectivity index (χ0v) is 16.4. The van der Waals surface area contributed by atoms with Gasteiger partial charge in [-0.25, -0.2) is 15.0 Å². The van der Waals surface area contributed by atoms with Gasteiger partial charge in [-0.3, -0.25) is 25.6 Å². The summed E-state index contributed by atoms with van der Waals surface area (Å²) < 4.78 is 14.5. The Kier molecular flexibility index (Phi) is 8.37. The molecule has 1 heterocycles. The van der Waals surface area contributed by atoms with Crippen LogP contribution in [0.3, 0.4) is 0 Å². The van der Waals surface area contributed by atoms with Gasteiger partial charge >= 0.3 is 0 Å². The summed E-state index contributed by atoms with van der Waals surface area (Å²) in [6.07, 6.45) is 5.60. The standard InChI is InChI=1S/C18H29FN6O3/c1-3-14-21-16(20-4-2)15(19)17(22-14)23-24-18(27)13(10-25(28)11-26)9-12-7-5-6-8-12/h11-13,28H,3-10H2,1-2H3,(H,24,27)(H2,20,21,22,23). The highest BCUT2D eigenvalue weighted by molar-refractivity contribution is 5.80. The number of rotatable bonds is 11.